The van der Waals surface area contributed by atoms with E-state index >= 15 is 0 Å². The largest absolute Gasteiger partial charge is 0.313 e. The number of halogens is 2. The van der Waals surface area contributed by atoms with E-state index in [9.17, 15) is 8.78 Å². The zero-order valence-corrected chi connectivity index (χ0v) is 10.9. The molecule has 1 unspecified atom stereocenters. The summed E-state index contributed by atoms with van der Waals surface area (Å²) in [6.07, 6.45) is 5.47. The average Bonchev–Trinajstić information content (AvgIpc) is 2.27. The van der Waals surface area contributed by atoms with Crippen LogP contribution >= 0.6 is 0 Å². The molecule has 1 nitrogen and oxygen atoms in total. The standard InChI is InChI=1S/C15H21F2N/c1-2-8-18-15(11-4-3-5-11)9-12-6-7-13(16)10-14(12)17/h6-7,10-11,15,18H,2-5,8-9H2,1H3. The highest BCUT2D eigenvalue weighted by atomic mass is 19.1. The van der Waals surface area contributed by atoms with E-state index in [4.69, 9.17) is 0 Å². The third-order valence-electron chi connectivity index (χ3n) is 3.83. The van der Waals surface area contributed by atoms with Crippen LogP contribution in [0.1, 0.15) is 38.2 Å². The smallest absolute Gasteiger partial charge is 0.129 e. The molecule has 0 bridgehead atoms. The fourth-order valence-corrected chi connectivity index (χ4v) is 2.50. The Kier molecular flexibility index (Phi) is 4.70. The van der Waals surface area contributed by atoms with Crippen molar-refractivity contribution in [3.05, 3.63) is 35.4 Å². The summed E-state index contributed by atoms with van der Waals surface area (Å²) in [5, 5.41) is 3.50. The van der Waals surface area contributed by atoms with Crippen molar-refractivity contribution in [2.24, 2.45) is 5.92 Å². The maximum atomic E-state index is 13.7. The van der Waals surface area contributed by atoms with Crippen LogP contribution in [0.5, 0.6) is 0 Å². The van der Waals surface area contributed by atoms with Crippen molar-refractivity contribution in [3.8, 4) is 0 Å². The SMILES string of the molecule is CCCNC(Cc1ccc(F)cc1F)C1CCC1. The summed E-state index contributed by atoms with van der Waals surface area (Å²) in [5.74, 6) is -0.267. The van der Waals surface area contributed by atoms with Crippen LogP contribution in [0.15, 0.2) is 18.2 Å². The van der Waals surface area contributed by atoms with Crippen LogP contribution in [-0.2, 0) is 6.42 Å². The normalized spacial score (nSPS) is 17.5. The second-order valence-electron chi connectivity index (χ2n) is 5.19. The average molecular weight is 253 g/mol. The third-order valence-corrected chi connectivity index (χ3v) is 3.83. The van der Waals surface area contributed by atoms with Gasteiger partial charge < -0.3 is 5.32 Å². The highest BCUT2D eigenvalue weighted by molar-refractivity contribution is 5.20. The van der Waals surface area contributed by atoms with Crippen molar-refractivity contribution >= 4 is 0 Å². The highest BCUT2D eigenvalue weighted by Gasteiger charge is 2.27. The third kappa shape index (κ3) is 3.29. The summed E-state index contributed by atoms with van der Waals surface area (Å²) in [7, 11) is 0. The summed E-state index contributed by atoms with van der Waals surface area (Å²) in [6.45, 7) is 3.09. The van der Waals surface area contributed by atoms with E-state index in [1.807, 2.05) is 0 Å². The van der Waals surface area contributed by atoms with E-state index < -0.39 is 11.6 Å². The first kappa shape index (κ1) is 13.5. The van der Waals surface area contributed by atoms with Crippen LogP contribution in [-0.4, -0.2) is 12.6 Å². The number of rotatable bonds is 6. The first-order valence-corrected chi connectivity index (χ1v) is 6.88. The quantitative estimate of drug-likeness (QED) is 0.815. The van der Waals surface area contributed by atoms with Gasteiger partial charge in [0, 0.05) is 12.1 Å². The molecule has 0 radical (unpaired) electrons. The van der Waals surface area contributed by atoms with Crippen molar-refractivity contribution in [1.82, 2.24) is 5.32 Å². The van der Waals surface area contributed by atoms with Gasteiger partial charge in [0.05, 0.1) is 0 Å². The Morgan fingerprint density at radius 2 is 2.11 bits per heavy atom. The summed E-state index contributed by atoms with van der Waals surface area (Å²) in [4.78, 5) is 0. The minimum atomic E-state index is -0.502. The molecule has 18 heavy (non-hydrogen) atoms. The van der Waals surface area contributed by atoms with Crippen molar-refractivity contribution in [3.63, 3.8) is 0 Å². The van der Waals surface area contributed by atoms with E-state index in [0.29, 0.717) is 23.9 Å². The predicted octanol–water partition coefficient (Wildman–Crippen LogP) is 3.68. The number of hydrogen-bond donors (Lipinski definition) is 1. The van der Waals surface area contributed by atoms with Gasteiger partial charge in [-0.05, 0) is 49.8 Å². The summed E-state index contributed by atoms with van der Waals surface area (Å²) in [6, 6.07) is 4.23. The maximum absolute atomic E-state index is 13.7. The molecule has 0 aromatic heterocycles. The molecule has 1 N–H and O–H groups in total. The lowest BCUT2D eigenvalue weighted by Gasteiger charge is -2.34. The van der Waals surface area contributed by atoms with E-state index in [1.54, 1.807) is 6.07 Å². The molecule has 0 spiro atoms. The van der Waals surface area contributed by atoms with Gasteiger partial charge in [-0.1, -0.05) is 19.4 Å². The summed E-state index contributed by atoms with van der Waals surface area (Å²) in [5.41, 5.74) is 0.622. The second-order valence-corrected chi connectivity index (χ2v) is 5.19. The molecule has 0 aliphatic heterocycles. The lowest BCUT2D eigenvalue weighted by Crippen LogP contribution is -2.41. The lowest BCUT2D eigenvalue weighted by molar-refractivity contribution is 0.226. The van der Waals surface area contributed by atoms with E-state index in [2.05, 4.69) is 12.2 Å². The molecule has 3 heteroatoms. The van der Waals surface area contributed by atoms with Crippen LogP contribution < -0.4 is 5.32 Å². The molecule has 1 fully saturated rings. The highest BCUT2D eigenvalue weighted by Crippen LogP contribution is 2.31. The van der Waals surface area contributed by atoms with Crippen LogP contribution in [0, 0.1) is 17.6 Å². The Morgan fingerprint density at radius 3 is 2.67 bits per heavy atom. The molecule has 1 aliphatic carbocycles. The molecular weight excluding hydrogens is 232 g/mol. The van der Waals surface area contributed by atoms with E-state index in [-0.39, 0.29) is 0 Å². The predicted molar refractivity (Wildman–Crippen MR) is 69.5 cm³/mol. The Hall–Kier alpha value is -0.960. The number of benzene rings is 1. The molecule has 100 valence electrons. The Balaban J connectivity index is 2.02. The number of nitrogens with one attached hydrogen (secondary N) is 1. The summed E-state index contributed by atoms with van der Waals surface area (Å²) < 4.78 is 26.5. The molecule has 2 rings (SSSR count). The summed E-state index contributed by atoms with van der Waals surface area (Å²) >= 11 is 0. The second kappa shape index (κ2) is 6.28. The van der Waals surface area contributed by atoms with Crippen molar-refractivity contribution in [1.29, 1.82) is 0 Å². The molecule has 1 saturated carbocycles. The molecule has 0 saturated heterocycles. The van der Waals surface area contributed by atoms with E-state index in [0.717, 1.165) is 19.0 Å². The molecule has 0 amide bonds. The van der Waals surface area contributed by atoms with Gasteiger partial charge in [-0.25, -0.2) is 8.78 Å². The van der Waals surface area contributed by atoms with E-state index in [1.165, 1.54) is 25.3 Å². The van der Waals surface area contributed by atoms with Crippen molar-refractivity contribution in [2.45, 2.75) is 45.1 Å². The van der Waals surface area contributed by atoms with Gasteiger partial charge in [-0.15, -0.1) is 0 Å². The molecule has 1 aliphatic rings. The van der Waals surface area contributed by atoms with Crippen LogP contribution in [0.4, 0.5) is 8.78 Å². The maximum Gasteiger partial charge on any atom is 0.129 e. The van der Waals surface area contributed by atoms with Crippen molar-refractivity contribution in [2.75, 3.05) is 6.54 Å². The van der Waals surface area contributed by atoms with Crippen LogP contribution in [0.25, 0.3) is 0 Å². The number of hydrogen-bond acceptors (Lipinski definition) is 1. The van der Waals surface area contributed by atoms with Gasteiger partial charge in [-0.3, -0.25) is 0 Å². The topological polar surface area (TPSA) is 12.0 Å². The van der Waals surface area contributed by atoms with Gasteiger partial charge in [0.25, 0.3) is 0 Å². The van der Waals surface area contributed by atoms with Crippen molar-refractivity contribution < 1.29 is 8.78 Å². The van der Waals surface area contributed by atoms with Gasteiger partial charge >= 0.3 is 0 Å². The van der Waals surface area contributed by atoms with Gasteiger partial charge in [0.2, 0.25) is 0 Å². The van der Waals surface area contributed by atoms with Crippen LogP contribution in [0.2, 0.25) is 0 Å². The fraction of sp³-hybridized carbons (Fsp3) is 0.600. The van der Waals surface area contributed by atoms with Crippen LogP contribution in [0.3, 0.4) is 0 Å². The van der Waals surface area contributed by atoms with Gasteiger partial charge in [-0.2, -0.15) is 0 Å². The minimum absolute atomic E-state index is 0.332. The van der Waals surface area contributed by atoms with Gasteiger partial charge in [0.1, 0.15) is 11.6 Å². The molecule has 1 aromatic rings. The fourth-order valence-electron chi connectivity index (χ4n) is 2.50. The zero-order chi connectivity index (χ0) is 13.0. The zero-order valence-electron chi connectivity index (χ0n) is 10.9. The molecular formula is C15H21F2N. The Bertz CT molecular complexity index is 388. The molecule has 0 heterocycles. The monoisotopic (exact) mass is 253 g/mol. The van der Waals surface area contributed by atoms with Gasteiger partial charge in [0.15, 0.2) is 0 Å². The lowest BCUT2D eigenvalue weighted by atomic mass is 9.77. The Morgan fingerprint density at radius 1 is 1.33 bits per heavy atom. The Labute approximate surface area is 108 Å². The first-order valence-electron chi connectivity index (χ1n) is 6.88. The first-order chi connectivity index (χ1) is 8.70. The molecule has 1 atom stereocenters. The molecule has 1 aromatic carbocycles. The minimum Gasteiger partial charge on any atom is -0.313 e.